The number of hydrogen-bond acceptors (Lipinski definition) is 4. The molecule has 0 aliphatic carbocycles. The monoisotopic (exact) mass is 268 g/mol. The molecule has 1 N–H and O–H groups in total. The highest BCUT2D eigenvalue weighted by Crippen LogP contribution is 2.33. The van der Waals surface area contributed by atoms with Crippen molar-refractivity contribution >= 4 is 33.3 Å². The molecule has 6 heteroatoms. The number of rotatable bonds is 2. The topological polar surface area (TPSA) is 47.6 Å². The third-order valence-electron chi connectivity index (χ3n) is 2.59. The van der Waals surface area contributed by atoms with Gasteiger partial charge in [-0.3, -0.25) is 10.1 Å². The van der Waals surface area contributed by atoms with E-state index in [2.05, 4.69) is 5.32 Å². The van der Waals surface area contributed by atoms with Crippen LogP contribution < -0.4 is 14.8 Å². The van der Waals surface area contributed by atoms with Gasteiger partial charge in [0, 0.05) is 5.56 Å². The molecule has 0 aromatic heterocycles. The molecular weight excluding hydrogens is 258 g/mol. The van der Waals surface area contributed by atoms with Gasteiger partial charge in [0.25, 0.3) is 10.2 Å². The number of amides is 1. The first kappa shape index (κ1) is 10.9. The molecule has 3 rings (SSSR count). The predicted molar refractivity (Wildman–Crippen MR) is 69.2 cm³/mol. The Labute approximate surface area is 107 Å². The molecule has 0 saturated carbocycles. The van der Waals surface area contributed by atoms with Crippen LogP contribution in [-0.4, -0.2) is 22.8 Å². The Kier molecular flexibility index (Phi) is 2.68. The van der Waals surface area contributed by atoms with Crippen LogP contribution in [0.2, 0.25) is 0 Å². The molecule has 1 saturated heterocycles. The zero-order valence-corrected chi connectivity index (χ0v) is 10.5. The fourth-order valence-electron chi connectivity index (χ4n) is 1.79. The molecule has 2 heterocycles. The lowest BCUT2D eigenvalue weighted by atomic mass is 10.2. The lowest BCUT2D eigenvalue weighted by Crippen LogP contribution is -2.20. The van der Waals surface area contributed by atoms with E-state index >= 15 is 0 Å². The number of carbonyl (C=O) groups excluding carboxylic acids is 1. The van der Waals surface area contributed by atoms with E-state index in [1.54, 1.807) is 0 Å². The number of nitrogens with one attached hydrogen (secondary N) is 1. The molecule has 1 aromatic rings. The van der Waals surface area contributed by atoms with Crippen molar-refractivity contribution in [3.8, 4) is 11.5 Å². The molecular formula is C11H10NO3S2+. The fourth-order valence-corrected chi connectivity index (χ4v) is 3.85. The van der Waals surface area contributed by atoms with E-state index in [0.29, 0.717) is 10.1 Å². The lowest BCUT2D eigenvalue weighted by Gasteiger charge is -2.01. The van der Waals surface area contributed by atoms with E-state index < -0.39 is 0 Å². The van der Waals surface area contributed by atoms with Gasteiger partial charge < -0.3 is 9.47 Å². The predicted octanol–water partition coefficient (Wildman–Crippen LogP) is 0.948. The minimum atomic E-state index is -0.175. The van der Waals surface area contributed by atoms with Crippen molar-refractivity contribution in [3.05, 3.63) is 23.8 Å². The van der Waals surface area contributed by atoms with Crippen LogP contribution in [0.15, 0.2) is 18.2 Å². The average molecular weight is 268 g/mol. The molecule has 1 amide bonds. The second-order valence-corrected chi connectivity index (χ2v) is 6.44. The summed E-state index contributed by atoms with van der Waals surface area (Å²) in [7, 11) is -0.175. The van der Waals surface area contributed by atoms with Gasteiger partial charge in [-0.2, -0.15) is 0 Å². The summed E-state index contributed by atoms with van der Waals surface area (Å²) in [4.78, 5) is 11.2. The number of thiocarbonyl (C=S) groups is 1. The van der Waals surface area contributed by atoms with Crippen molar-refractivity contribution in [3.63, 3.8) is 0 Å². The molecule has 0 radical (unpaired) electrons. The Morgan fingerprint density at radius 3 is 2.94 bits per heavy atom. The Balaban J connectivity index is 1.77. The quantitative estimate of drug-likeness (QED) is 0.641. The maximum atomic E-state index is 11.2. The van der Waals surface area contributed by atoms with Crippen LogP contribution in [-0.2, 0) is 21.4 Å². The van der Waals surface area contributed by atoms with Crippen molar-refractivity contribution in [2.75, 3.05) is 12.5 Å². The molecule has 1 fully saturated rings. The smallest absolute Gasteiger partial charge is 0.295 e. The molecule has 0 bridgehead atoms. The van der Waals surface area contributed by atoms with E-state index in [1.165, 1.54) is 0 Å². The van der Waals surface area contributed by atoms with Crippen molar-refractivity contribution in [2.45, 2.75) is 5.75 Å². The summed E-state index contributed by atoms with van der Waals surface area (Å²) in [6.07, 6.45) is 0. The first-order valence-electron chi connectivity index (χ1n) is 5.12. The highest BCUT2D eigenvalue weighted by molar-refractivity contribution is 8.21. The van der Waals surface area contributed by atoms with Crippen LogP contribution >= 0.6 is 12.2 Å². The summed E-state index contributed by atoms with van der Waals surface area (Å²) in [5.41, 5.74) is 1.12. The summed E-state index contributed by atoms with van der Waals surface area (Å²) < 4.78 is 11.2. The average Bonchev–Trinajstić information content (AvgIpc) is 2.85. The van der Waals surface area contributed by atoms with E-state index in [-0.39, 0.29) is 23.6 Å². The summed E-state index contributed by atoms with van der Waals surface area (Å²) in [5.74, 6) is 2.87. The molecule has 1 aromatic carbocycles. The number of hydrogen-bond donors (Lipinski definition) is 1. The van der Waals surface area contributed by atoms with Gasteiger partial charge in [-0.15, -0.1) is 0 Å². The highest BCUT2D eigenvalue weighted by Gasteiger charge is 2.37. The van der Waals surface area contributed by atoms with Crippen molar-refractivity contribution < 1.29 is 14.3 Å². The normalized spacial score (nSPS) is 21.8. The maximum Gasteiger partial charge on any atom is 0.295 e. The van der Waals surface area contributed by atoms with E-state index in [9.17, 15) is 4.79 Å². The SMILES string of the molecule is O=C1C[S+](Cc2ccc3c(c2)OCO3)C(=S)N1. The molecule has 17 heavy (non-hydrogen) atoms. The van der Waals surface area contributed by atoms with E-state index in [4.69, 9.17) is 21.7 Å². The Hall–Kier alpha value is -1.27. The molecule has 0 spiro atoms. The van der Waals surface area contributed by atoms with Crippen LogP contribution in [0.3, 0.4) is 0 Å². The van der Waals surface area contributed by atoms with Crippen LogP contribution in [0, 0.1) is 0 Å². The molecule has 1 atom stereocenters. The number of carbonyl (C=O) groups is 1. The fraction of sp³-hybridized carbons (Fsp3) is 0.273. The maximum absolute atomic E-state index is 11.2. The summed E-state index contributed by atoms with van der Waals surface area (Å²) in [6.45, 7) is 0.281. The molecule has 4 nitrogen and oxygen atoms in total. The van der Waals surface area contributed by atoms with E-state index in [0.717, 1.165) is 22.8 Å². The van der Waals surface area contributed by atoms with Crippen LogP contribution in [0.5, 0.6) is 11.5 Å². The first-order chi connectivity index (χ1) is 8.22. The van der Waals surface area contributed by atoms with Crippen LogP contribution in [0.4, 0.5) is 0 Å². The summed E-state index contributed by atoms with van der Waals surface area (Å²) >= 11 is 5.14. The van der Waals surface area contributed by atoms with Crippen molar-refractivity contribution in [1.82, 2.24) is 5.32 Å². The Bertz CT molecular complexity index is 503. The minimum Gasteiger partial charge on any atom is -0.454 e. The van der Waals surface area contributed by atoms with Crippen LogP contribution in [0.1, 0.15) is 5.56 Å². The number of fused-ring (bicyclic) bond motifs is 1. The second-order valence-electron chi connectivity index (χ2n) is 3.80. The summed E-state index contributed by atoms with van der Waals surface area (Å²) in [6, 6.07) is 5.85. The lowest BCUT2D eigenvalue weighted by molar-refractivity contribution is -0.116. The summed E-state index contributed by atoms with van der Waals surface area (Å²) in [5, 5.41) is 2.69. The molecule has 2 aliphatic heterocycles. The Morgan fingerprint density at radius 1 is 1.35 bits per heavy atom. The Morgan fingerprint density at radius 2 is 2.18 bits per heavy atom. The van der Waals surface area contributed by atoms with Gasteiger partial charge in [0.15, 0.2) is 17.3 Å². The van der Waals surface area contributed by atoms with Gasteiger partial charge in [-0.05, 0) is 24.4 Å². The van der Waals surface area contributed by atoms with Crippen molar-refractivity contribution in [1.29, 1.82) is 0 Å². The van der Waals surface area contributed by atoms with E-state index in [1.807, 2.05) is 18.2 Å². The third kappa shape index (κ3) is 2.10. The van der Waals surface area contributed by atoms with Gasteiger partial charge in [0.05, 0.1) is 10.9 Å². The standard InChI is InChI=1S/C11H9NO3S2/c13-10-5-17(11(16)12-10)4-7-1-2-8-9(3-7)15-6-14-8/h1-3H,4-6H2/p+1. The first-order valence-corrected chi connectivity index (χ1v) is 7.09. The van der Waals surface area contributed by atoms with Crippen LogP contribution in [0.25, 0.3) is 0 Å². The third-order valence-corrected chi connectivity index (χ3v) is 5.31. The number of benzene rings is 1. The zero-order valence-electron chi connectivity index (χ0n) is 8.89. The largest absolute Gasteiger partial charge is 0.454 e. The second kappa shape index (κ2) is 4.19. The van der Waals surface area contributed by atoms with Gasteiger partial charge in [0.2, 0.25) is 6.79 Å². The molecule has 1 unspecified atom stereocenters. The zero-order chi connectivity index (χ0) is 11.8. The van der Waals surface area contributed by atoms with Gasteiger partial charge in [-0.1, -0.05) is 6.07 Å². The minimum absolute atomic E-state index is 0.0269. The number of ether oxygens (including phenoxy) is 2. The molecule has 2 aliphatic rings. The van der Waals surface area contributed by atoms with Gasteiger partial charge in [0.1, 0.15) is 5.75 Å². The molecule has 88 valence electrons. The highest BCUT2D eigenvalue weighted by atomic mass is 32.2. The van der Waals surface area contributed by atoms with Gasteiger partial charge in [-0.25, -0.2) is 0 Å². The van der Waals surface area contributed by atoms with Gasteiger partial charge >= 0.3 is 0 Å². The van der Waals surface area contributed by atoms with Crippen molar-refractivity contribution in [2.24, 2.45) is 0 Å².